The minimum Gasteiger partial charge on any atom is -0.461 e. The van der Waals surface area contributed by atoms with Gasteiger partial charge in [-0.2, -0.15) is 0 Å². The highest BCUT2D eigenvalue weighted by Crippen LogP contribution is 2.35. The summed E-state index contributed by atoms with van der Waals surface area (Å²) in [6.07, 6.45) is -1.95. The Labute approximate surface area is 216 Å². The summed E-state index contributed by atoms with van der Waals surface area (Å²) in [4.78, 5) is 35.1. The van der Waals surface area contributed by atoms with Crippen molar-refractivity contribution >= 4 is 17.8 Å². The molecule has 5 atom stereocenters. The molecule has 2 aromatic carbocycles. The number of rotatable bonds is 9. The summed E-state index contributed by atoms with van der Waals surface area (Å²) in [5, 5.41) is 2.77. The first kappa shape index (κ1) is 28.1. The maximum absolute atomic E-state index is 14.1. The number of nitrogens with one attached hydrogen (secondary N) is 1. The van der Waals surface area contributed by atoms with Crippen molar-refractivity contribution in [1.29, 1.82) is 0 Å². The molecule has 1 saturated heterocycles. The molecule has 200 valence electrons. The van der Waals surface area contributed by atoms with Crippen LogP contribution in [-0.4, -0.2) is 49.0 Å². The third-order valence-electron chi connectivity index (χ3n) is 6.25. The number of esters is 2. The second-order valence-electron chi connectivity index (χ2n) is 9.14. The monoisotopic (exact) mass is 515 g/mol. The highest BCUT2D eigenvalue weighted by Gasteiger charge is 2.48. The van der Waals surface area contributed by atoms with Crippen molar-refractivity contribution in [2.75, 3.05) is 6.54 Å². The van der Waals surface area contributed by atoms with E-state index in [2.05, 4.69) is 5.32 Å². The van der Waals surface area contributed by atoms with Crippen LogP contribution in [0.15, 0.2) is 42.5 Å². The Kier molecular flexibility index (Phi) is 9.63. The van der Waals surface area contributed by atoms with E-state index in [0.717, 1.165) is 11.1 Å². The Hall–Kier alpha value is -3.46. The Bertz CT molecular complexity index is 1120. The fourth-order valence-electron chi connectivity index (χ4n) is 4.56. The number of hydrogen-bond acceptors (Lipinski definition) is 7. The number of carbonyl (C=O) groups excluding carboxylic acids is 3. The molecular formula is C28H34FNO7. The summed E-state index contributed by atoms with van der Waals surface area (Å²) in [7, 11) is 0. The zero-order valence-electron chi connectivity index (χ0n) is 21.8. The summed E-state index contributed by atoms with van der Waals surface area (Å²) < 4.78 is 37.5. The smallest absolute Gasteiger partial charge is 0.303 e. The largest absolute Gasteiger partial charge is 0.461 e. The van der Waals surface area contributed by atoms with Gasteiger partial charge < -0.3 is 24.3 Å². The summed E-state index contributed by atoms with van der Waals surface area (Å²) in [5.41, 5.74) is 2.24. The first-order valence-corrected chi connectivity index (χ1v) is 12.4. The number of hydrogen-bond donors (Lipinski definition) is 1. The van der Waals surface area contributed by atoms with Gasteiger partial charge >= 0.3 is 11.9 Å². The van der Waals surface area contributed by atoms with E-state index in [1.807, 2.05) is 19.9 Å². The summed E-state index contributed by atoms with van der Waals surface area (Å²) in [6.45, 7) is 8.25. The third-order valence-corrected chi connectivity index (χ3v) is 6.25. The molecule has 0 spiro atoms. The van der Waals surface area contributed by atoms with Crippen molar-refractivity contribution in [3.8, 4) is 16.9 Å². The average molecular weight is 516 g/mol. The molecule has 0 radical (unpaired) electrons. The normalized spacial score (nSPS) is 23.1. The van der Waals surface area contributed by atoms with Gasteiger partial charge in [0, 0.05) is 33.2 Å². The summed E-state index contributed by atoms with van der Waals surface area (Å²) >= 11 is 0. The Morgan fingerprint density at radius 3 is 2.32 bits per heavy atom. The van der Waals surface area contributed by atoms with Crippen LogP contribution in [0.4, 0.5) is 4.39 Å². The van der Waals surface area contributed by atoms with Crippen LogP contribution in [0, 0.1) is 11.7 Å². The zero-order chi connectivity index (χ0) is 27.1. The fourth-order valence-corrected chi connectivity index (χ4v) is 4.56. The highest BCUT2D eigenvalue weighted by atomic mass is 19.1. The molecule has 37 heavy (non-hydrogen) atoms. The summed E-state index contributed by atoms with van der Waals surface area (Å²) in [5.74, 6) is -1.42. The van der Waals surface area contributed by atoms with Crippen LogP contribution in [0.2, 0.25) is 0 Å². The van der Waals surface area contributed by atoms with Gasteiger partial charge in [-0.25, -0.2) is 4.39 Å². The molecule has 0 saturated carbocycles. The van der Waals surface area contributed by atoms with Crippen molar-refractivity contribution in [2.24, 2.45) is 5.92 Å². The van der Waals surface area contributed by atoms with E-state index in [4.69, 9.17) is 18.9 Å². The molecule has 9 heteroatoms. The molecule has 2 aromatic rings. The predicted molar refractivity (Wildman–Crippen MR) is 134 cm³/mol. The number of carbonyl (C=O) groups is 3. The molecule has 0 aromatic heterocycles. The molecule has 1 N–H and O–H groups in total. The standard InChI is InChI=1S/C28H34FNO7/c1-6-25-16(2)26(34-18(4)32)27(35-19(5)33)28(37-25)36-23-11-10-20(12-13-30-17(3)31)24(15-23)21-8-7-9-22(29)14-21/h7-11,14-16,25-28H,6,12-13H2,1-5H3,(H,30,31)/t16-,25+,26-,27+,28?/m0/s1. The number of benzene rings is 2. The molecule has 8 nitrogen and oxygen atoms in total. The third kappa shape index (κ3) is 7.52. The van der Waals surface area contributed by atoms with Crippen LogP contribution >= 0.6 is 0 Å². The molecule has 3 rings (SSSR count). The Morgan fingerprint density at radius 1 is 1.00 bits per heavy atom. The molecule has 1 aliphatic rings. The predicted octanol–water partition coefficient (Wildman–Crippen LogP) is 4.18. The van der Waals surface area contributed by atoms with Gasteiger partial charge in [-0.3, -0.25) is 14.4 Å². The molecule has 0 bridgehead atoms. The SMILES string of the molecule is CC[C@H]1OC(Oc2ccc(CCNC(C)=O)c(-c3cccc(F)c3)c2)[C@H](OC(C)=O)[C@@H](OC(C)=O)[C@H]1C. The number of amides is 1. The quantitative estimate of drug-likeness (QED) is 0.500. The lowest BCUT2D eigenvalue weighted by molar-refractivity contribution is -0.266. The Balaban J connectivity index is 1.96. The van der Waals surface area contributed by atoms with Crippen LogP contribution in [0.1, 0.15) is 46.6 Å². The van der Waals surface area contributed by atoms with Gasteiger partial charge in [0.05, 0.1) is 6.10 Å². The van der Waals surface area contributed by atoms with Crippen molar-refractivity contribution in [2.45, 2.75) is 72.1 Å². The van der Waals surface area contributed by atoms with Crippen molar-refractivity contribution in [3.05, 3.63) is 53.8 Å². The minimum atomic E-state index is -1.04. The Morgan fingerprint density at radius 2 is 1.70 bits per heavy atom. The maximum atomic E-state index is 14.1. The molecular weight excluding hydrogens is 481 g/mol. The zero-order valence-corrected chi connectivity index (χ0v) is 21.8. The van der Waals surface area contributed by atoms with E-state index in [9.17, 15) is 18.8 Å². The van der Waals surface area contributed by atoms with E-state index in [0.29, 0.717) is 30.7 Å². The lowest BCUT2D eigenvalue weighted by Gasteiger charge is -2.43. The van der Waals surface area contributed by atoms with Crippen molar-refractivity contribution < 1.29 is 37.7 Å². The van der Waals surface area contributed by atoms with Gasteiger partial charge in [-0.1, -0.05) is 32.0 Å². The minimum absolute atomic E-state index is 0.139. The van der Waals surface area contributed by atoms with E-state index < -0.39 is 30.4 Å². The van der Waals surface area contributed by atoms with Crippen LogP contribution in [0.5, 0.6) is 5.75 Å². The van der Waals surface area contributed by atoms with Gasteiger partial charge in [-0.15, -0.1) is 0 Å². The second-order valence-corrected chi connectivity index (χ2v) is 9.14. The average Bonchev–Trinajstić information content (AvgIpc) is 2.83. The van der Waals surface area contributed by atoms with Crippen LogP contribution in [0.25, 0.3) is 11.1 Å². The topological polar surface area (TPSA) is 100 Å². The van der Waals surface area contributed by atoms with E-state index in [1.54, 1.807) is 24.3 Å². The van der Waals surface area contributed by atoms with Crippen LogP contribution in [0.3, 0.4) is 0 Å². The highest BCUT2D eigenvalue weighted by molar-refractivity contribution is 5.73. The molecule has 1 amide bonds. The molecule has 1 unspecified atom stereocenters. The number of ether oxygens (including phenoxy) is 4. The van der Waals surface area contributed by atoms with E-state index in [-0.39, 0.29) is 23.7 Å². The van der Waals surface area contributed by atoms with E-state index in [1.165, 1.54) is 32.9 Å². The molecule has 1 heterocycles. The maximum Gasteiger partial charge on any atom is 0.303 e. The van der Waals surface area contributed by atoms with Gasteiger partial charge in [0.25, 0.3) is 0 Å². The van der Waals surface area contributed by atoms with Crippen LogP contribution < -0.4 is 10.1 Å². The number of halogens is 1. The first-order chi connectivity index (χ1) is 17.6. The van der Waals surface area contributed by atoms with Gasteiger partial charge in [0.1, 0.15) is 17.7 Å². The van der Waals surface area contributed by atoms with Crippen molar-refractivity contribution in [3.63, 3.8) is 0 Å². The lowest BCUT2D eigenvalue weighted by atomic mass is 9.89. The van der Waals surface area contributed by atoms with Gasteiger partial charge in [-0.05, 0) is 53.8 Å². The van der Waals surface area contributed by atoms with Gasteiger partial charge in [0.15, 0.2) is 0 Å². The lowest BCUT2D eigenvalue weighted by Crippen LogP contribution is -2.58. The molecule has 1 aliphatic heterocycles. The fraction of sp³-hybridized carbons (Fsp3) is 0.464. The van der Waals surface area contributed by atoms with Crippen molar-refractivity contribution in [1.82, 2.24) is 5.32 Å². The van der Waals surface area contributed by atoms with E-state index >= 15 is 0 Å². The summed E-state index contributed by atoms with van der Waals surface area (Å²) in [6, 6.07) is 11.5. The van der Waals surface area contributed by atoms with Crippen LogP contribution in [-0.2, 0) is 35.0 Å². The van der Waals surface area contributed by atoms with Gasteiger partial charge in [0.2, 0.25) is 18.3 Å². The first-order valence-electron chi connectivity index (χ1n) is 12.4. The second kappa shape index (κ2) is 12.7. The molecule has 0 aliphatic carbocycles. The molecule has 1 fully saturated rings.